The van der Waals surface area contributed by atoms with Gasteiger partial charge in [-0.2, -0.15) is 0 Å². The minimum Gasteiger partial charge on any atom is -0.324 e. The zero-order valence-corrected chi connectivity index (χ0v) is 17.9. The number of nitrogens with zero attached hydrogens (tertiary/aromatic N) is 3. The normalized spacial score (nSPS) is 13.7. The van der Waals surface area contributed by atoms with Crippen LogP contribution in [0.2, 0.25) is 0 Å². The molecule has 0 bridgehead atoms. The lowest BCUT2D eigenvalue weighted by atomic mass is 10.1. The summed E-state index contributed by atoms with van der Waals surface area (Å²) in [6, 6.07) is 13.7. The van der Waals surface area contributed by atoms with E-state index in [0.717, 1.165) is 23.0 Å². The topological polar surface area (TPSA) is 67.2 Å². The summed E-state index contributed by atoms with van der Waals surface area (Å²) in [5.41, 5.74) is 4.90. The fourth-order valence-corrected chi connectivity index (χ4v) is 4.28. The number of anilines is 2. The number of benzene rings is 2. The van der Waals surface area contributed by atoms with Crippen LogP contribution in [0.4, 0.5) is 11.4 Å². The zero-order chi connectivity index (χ0) is 21.1. The van der Waals surface area contributed by atoms with Gasteiger partial charge in [0.2, 0.25) is 11.8 Å². The first-order valence-electron chi connectivity index (χ1n) is 9.96. The number of aryl methyl sites for hydroxylation is 2. The van der Waals surface area contributed by atoms with E-state index in [1.165, 1.54) is 22.9 Å². The van der Waals surface area contributed by atoms with Crippen molar-refractivity contribution in [2.75, 3.05) is 22.5 Å². The summed E-state index contributed by atoms with van der Waals surface area (Å²) in [4.78, 5) is 30.9. The third-order valence-corrected chi connectivity index (χ3v) is 6.22. The average Bonchev–Trinajstić information content (AvgIpc) is 3.38. The Morgan fingerprint density at radius 3 is 2.77 bits per heavy atom. The highest BCUT2D eigenvalue weighted by Crippen LogP contribution is 2.30. The number of para-hydroxylation sites is 2. The Hall–Kier alpha value is -3.06. The highest BCUT2D eigenvalue weighted by Gasteiger charge is 2.24. The molecule has 1 fully saturated rings. The van der Waals surface area contributed by atoms with E-state index in [9.17, 15) is 9.59 Å². The summed E-state index contributed by atoms with van der Waals surface area (Å²) in [7, 11) is 0. The largest absolute Gasteiger partial charge is 0.324 e. The van der Waals surface area contributed by atoms with Crippen LogP contribution >= 0.6 is 11.8 Å². The number of hydrogen-bond acceptors (Lipinski definition) is 4. The van der Waals surface area contributed by atoms with Crippen molar-refractivity contribution in [3.05, 3.63) is 66.0 Å². The van der Waals surface area contributed by atoms with Crippen molar-refractivity contribution in [2.24, 2.45) is 0 Å². The molecule has 1 aromatic heterocycles. The number of carbonyl (C=O) groups is 2. The Balaban J connectivity index is 1.44. The second kappa shape index (κ2) is 8.75. The van der Waals surface area contributed by atoms with Gasteiger partial charge in [0.1, 0.15) is 0 Å². The molecule has 154 valence electrons. The number of hydrogen-bond donors (Lipinski definition) is 1. The van der Waals surface area contributed by atoms with Crippen LogP contribution in [0.3, 0.4) is 0 Å². The van der Waals surface area contributed by atoms with E-state index in [2.05, 4.69) is 42.3 Å². The molecule has 0 aliphatic carbocycles. The Bertz CT molecular complexity index is 1090. The van der Waals surface area contributed by atoms with Gasteiger partial charge in [-0.25, -0.2) is 4.98 Å². The van der Waals surface area contributed by atoms with Gasteiger partial charge in [0.15, 0.2) is 5.16 Å². The van der Waals surface area contributed by atoms with Crippen molar-refractivity contribution in [1.82, 2.24) is 9.55 Å². The summed E-state index contributed by atoms with van der Waals surface area (Å²) in [6.45, 7) is 4.85. The fourth-order valence-electron chi connectivity index (χ4n) is 3.50. The van der Waals surface area contributed by atoms with Gasteiger partial charge in [-0.05, 0) is 55.7 Å². The van der Waals surface area contributed by atoms with Gasteiger partial charge >= 0.3 is 0 Å². The molecule has 2 amide bonds. The molecular weight excluding hydrogens is 396 g/mol. The molecule has 1 aliphatic rings. The van der Waals surface area contributed by atoms with Gasteiger partial charge in [0.25, 0.3) is 0 Å². The molecule has 30 heavy (non-hydrogen) atoms. The molecule has 0 atom stereocenters. The summed E-state index contributed by atoms with van der Waals surface area (Å²) in [5, 5.41) is 3.72. The number of aromatic nitrogens is 2. The molecule has 0 spiro atoms. The van der Waals surface area contributed by atoms with Crippen LogP contribution in [-0.2, 0) is 9.59 Å². The molecule has 2 aromatic carbocycles. The molecule has 0 saturated carbocycles. The van der Waals surface area contributed by atoms with Gasteiger partial charge in [0, 0.05) is 31.0 Å². The zero-order valence-electron chi connectivity index (χ0n) is 17.1. The number of imidazole rings is 1. The minimum absolute atomic E-state index is 0.0986. The summed E-state index contributed by atoms with van der Waals surface area (Å²) in [6.07, 6.45) is 5.04. The maximum atomic E-state index is 12.6. The predicted octanol–water partition coefficient (Wildman–Crippen LogP) is 4.35. The lowest BCUT2D eigenvalue weighted by molar-refractivity contribution is -0.117. The highest BCUT2D eigenvalue weighted by atomic mass is 32.2. The molecule has 3 aromatic rings. The molecule has 7 heteroatoms. The molecule has 2 heterocycles. The van der Waals surface area contributed by atoms with E-state index < -0.39 is 0 Å². The Morgan fingerprint density at radius 1 is 1.17 bits per heavy atom. The van der Waals surface area contributed by atoms with Crippen LogP contribution in [0.15, 0.2) is 60.0 Å². The Kier molecular flexibility index (Phi) is 5.90. The molecule has 4 rings (SSSR count). The van der Waals surface area contributed by atoms with E-state index in [1.807, 2.05) is 35.0 Å². The van der Waals surface area contributed by atoms with Crippen molar-refractivity contribution < 1.29 is 9.59 Å². The van der Waals surface area contributed by atoms with Gasteiger partial charge in [-0.3, -0.25) is 14.2 Å². The average molecular weight is 421 g/mol. The molecule has 1 N–H and O–H groups in total. The van der Waals surface area contributed by atoms with Crippen LogP contribution < -0.4 is 10.2 Å². The third kappa shape index (κ3) is 4.26. The lowest BCUT2D eigenvalue weighted by Crippen LogP contribution is -2.26. The maximum absolute atomic E-state index is 12.6. The number of carbonyl (C=O) groups excluding carboxylic acids is 2. The summed E-state index contributed by atoms with van der Waals surface area (Å²) >= 11 is 1.38. The Labute approximate surface area is 180 Å². The van der Waals surface area contributed by atoms with Crippen LogP contribution in [0.1, 0.15) is 24.0 Å². The van der Waals surface area contributed by atoms with Crippen molar-refractivity contribution in [3.8, 4) is 5.69 Å². The van der Waals surface area contributed by atoms with E-state index in [1.54, 1.807) is 11.1 Å². The van der Waals surface area contributed by atoms with Crippen molar-refractivity contribution in [2.45, 2.75) is 31.8 Å². The summed E-state index contributed by atoms with van der Waals surface area (Å²) in [5.74, 6) is 0.194. The van der Waals surface area contributed by atoms with E-state index in [-0.39, 0.29) is 17.6 Å². The second-order valence-corrected chi connectivity index (χ2v) is 8.29. The number of amides is 2. The van der Waals surface area contributed by atoms with Crippen LogP contribution in [0.25, 0.3) is 5.69 Å². The van der Waals surface area contributed by atoms with Crippen molar-refractivity contribution in [1.29, 1.82) is 0 Å². The van der Waals surface area contributed by atoms with Crippen LogP contribution in [0, 0.1) is 13.8 Å². The standard InChI is InChI=1S/C23H24N4O2S/c1-16-9-10-18(14-17(16)2)26-13-11-24-23(26)30-15-21(28)25-19-6-3-4-7-20(19)27-12-5-8-22(27)29/h3-4,6-7,9-11,13-14H,5,8,12,15H2,1-2H3,(H,25,28). The van der Waals surface area contributed by atoms with Crippen LogP contribution in [0.5, 0.6) is 0 Å². The van der Waals surface area contributed by atoms with E-state index in [0.29, 0.717) is 18.7 Å². The van der Waals surface area contributed by atoms with E-state index >= 15 is 0 Å². The molecule has 1 aliphatic heterocycles. The first-order chi connectivity index (χ1) is 14.5. The molecule has 1 saturated heterocycles. The first-order valence-corrected chi connectivity index (χ1v) is 10.9. The fraction of sp³-hybridized carbons (Fsp3) is 0.261. The van der Waals surface area contributed by atoms with Gasteiger partial charge in [-0.1, -0.05) is 30.0 Å². The van der Waals surface area contributed by atoms with Gasteiger partial charge in [-0.15, -0.1) is 0 Å². The minimum atomic E-state index is -0.131. The van der Waals surface area contributed by atoms with Gasteiger partial charge in [0.05, 0.1) is 17.1 Å². The number of rotatable bonds is 6. The molecule has 6 nitrogen and oxygen atoms in total. The van der Waals surface area contributed by atoms with Crippen LogP contribution in [-0.4, -0.2) is 33.7 Å². The SMILES string of the molecule is Cc1ccc(-n2ccnc2SCC(=O)Nc2ccccc2N2CCCC2=O)cc1C. The monoisotopic (exact) mass is 420 g/mol. The predicted molar refractivity (Wildman–Crippen MR) is 120 cm³/mol. The third-order valence-electron chi connectivity index (χ3n) is 5.25. The number of nitrogens with one attached hydrogen (secondary N) is 1. The maximum Gasteiger partial charge on any atom is 0.234 e. The Morgan fingerprint density at radius 2 is 2.00 bits per heavy atom. The molecule has 0 radical (unpaired) electrons. The lowest BCUT2D eigenvalue weighted by Gasteiger charge is -2.19. The van der Waals surface area contributed by atoms with Gasteiger partial charge < -0.3 is 10.2 Å². The summed E-state index contributed by atoms with van der Waals surface area (Å²) < 4.78 is 1.99. The number of thioether (sulfide) groups is 1. The van der Waals surface area contributed by atoms with Crippen molar-refractivity contribution >= 4 is 35.0 Å². The first kappa shape index (κ1) is 20.2. The smallest absolute Gasteiger partial charge is 0.234 e. The molecular formula is C23H24N4O2S. The molecule has 0 unspecified atom stereocenters. The quantitative estimate of drug-likeness (QED) is 0.602. The highest BCUT2D eigenvalue weighted by molar-refractivity contribution is 7.99. The second-order valence-electron chi connectivity index (χ2n) is 7.35. The van der Waals surface area contributed by atoms with E-state index in [4.69, 9.17) is 0 Å². The van der Waals surface area contributed by atoms with Crippen molar-refractivity contribution in [3.63, 3.8) is 0 Å².